The van der Waals surface area contributed by atoms with Gasteiger partial charge in [0.1, 0.15) is 5.69 Å². The highest BCUT2D eigenvalue weighted by Crippen LogP contribution is 2.07. The van der Waals surface area contributed by atoms with Crippen molar-refractivity contribution in [3.63, 3.8) is 0 Å². The van der Waals surface area contributed by atoms with Crippen LogP contribution in [-0.2, 0) is 4.74 Å². The van der Waals surface area contributed by atoms with Crippen LogP contribution < -0.4 is 5.32 Å². The largest absolute Gasteiger partial charge is 0.477 e. The minimum Gasteiger partial charge on any atom is -0.477 e. The second-order valence-corrected chi connectivity index (χ2v) is 4.51. The fraction of sp³-hybridized carbons (Fsp3) is 0.417. The molecule has 1 rings (SSSR count). The number of hydrogen-bond acceptors (Lipinski definition) is 4. The standard InChI is InChI=1S/C12H16N2O4/c1-12(2,7-18-3)14-10(15)8-4-5-13-9(6-8)11(16)17/h4-6H,7H2,1-3H3,(H,14,15)(H,16,17). The van der Waals surface area contributed by atoms with Crippen molar-refractivity contribution in [2.24, 2.45) is 0 Å². The third-order valence-electron chi connectivity index (χ3n) is 2.20. The van der Waals surface area contributed by atoms with Crippen LogP contribution >= 0.6 is 0 Å². The van der Waals surface area contributed by atoms with Crippen molar-refractivity contribution in [3.8, 4) is 0 Å². The molecule has 0 aliphatic carbocycles. The number of aromatic carboxylic acids is 1. The molecular weight excluding hydrogens is 236 g/mol. The molecule has 0 atom stereocenters. The van der Waals surface area contributed by atoms with Gasteiger partial charge in [0.15, 0.2) is 0 Å². The summed E-state index contributed by atoms with van der Waals surface area (Å²) in [4.78, 5) is 26.3. The number of carbonyl (C=O) groups excluding carboxylic acids is 1. The molecule has 0 spiro atoms. The summed E-state index contributed by atoms with van der Waals surface area (Å²) in [6, 6.07) is 2.70. The molecule has 1 amide bonds. The summed E-state index contributed by atoms with van der Waals surface area (Å²) in [7, 11) is 1.54. The zero-order valence-corrected chi connectivity index (χ0v) is 10.6. The Morgan fingerprint density at radius 1 is 1.50 bits per heavy atom. The highest BCUT2D eigenvalue weighted by Gasteiger charge is 2.21. The number of carboxylic acids is 1. The van der Waals surface area contributed by atoms with Gasteiger partial charge in [-0.1, -0.05) is 0 Å². The number of nitrogens with one attached hydrogen (secondary N) is 1. The summed E-state index contributed by atoms with van der Waals surface area (Å²) < 4.78 is 4.98. The van der Waals surface area contributed by atoms with Gasteiger partial charge in [-0.25, -0.2) is 9.78 Å². The zero-order chi connectivity index (χ0) is 13.8. The maximum atomic E-state index is 11.9. The summed E-state index contributed by atoms with van der Waals surface area (Å²) in [5, 5.41) is 11.5. The van der Waals surface area contributed by atoms with Gasteiger partial charge in [-0.3, -0.25) is 4.79 Å². The van der Waals surface area contributed by atoms with Crippen LogP contribution in [0.4, 0.5) is 0 Å². The van der Waals surface area contributed by atoms with E-state index in [9.17, 15) is 9.59 Å². The van der Waals surface area contributed by atoms with Gasteiger partial charge in [0, 0.05) is 18.9 Å². The van der Waals surface area contributed by atoms with Crippen molar-refractivity contribution in [2.75, 3.05) is 13.7 Å². The quantitative estimate of drug-likeness (QED) is 0.814. The number of amides is 1. The molecule has 0 unspecified atom stereocenters. The fourth-order valence-corrected chi connectivity index (χ4v) is 1.47. The van der Waals surface area contributed by atoms with Crippen molar-refractivity contribution >= 4 is 11.9 Å². The van der Waals surface area contributed by atoms with E-state index in [0.717, 1.165) is 0 Å². The van der Waals surface area contributed by atoms with E-state index in [0.29, 0.717) is 6.61 Å². The molecule has 0 radical (unpaired) electrons. The van der Waals surface area contributed by atoms with Crippen LogP contribution in [0.5, 0.6) is 0 Å². The van der Waals surface area contributed by atoms with Crippen molar-refractivity contribution in [1.82, 2.24) is 10.3 Å². The maximum Gasteiger partial charge on any atom is 0.354 e. The third-order valence-corrected chi connectivity index (χ3v) is 2.20. The van der Waals surface area contributed by atoms with E-state index in [1.165, 1.54) is 18.3 Å². The van der Waals surface area contributed by atoms with Crippen molar-refractivity contribution in [3.05, 3.63) is 29.6 Å². The van der Waals surface area contributed by atoms with Gasteiger partial charge in [0.05, 0.1) is 12.1 Å². The molecule has 2 N–H and O–H groups in total. The summed E-state index contributed by atoms with van der Waals surface area (Å²) in [5.74, 6) is -1.53. The lowest BCUT2D eigenvalue weighted by Crippen LogP contribution is -2.46. The molecule has 1 aromatic heterocycles. The second kappa shape index (κ2) is 5.59. The topological polar surface area (TPSA) is 88.5 Å². The zero-order valence-electron chi connectivity index (χ0n) is 10.6. The minimum absolute atomic E-state index is 0.160. The van der Waals surface area contributed by atoms with E-state index in [4.69, 9.17) is 9.84 Å². The Kier molecular flexibility index (Phi) is 4.38. The molecule has 0 fully saturated rings. The first-order chi connectivity index (χ1) is 8.35. The van der Waals surface area contributed by atoms with Crippen LogP contribution in [0.15, 0.2) is 18.3 Å². The van der Waals surface area contributed by atoms with Crippen LogP contribution in [0.1, 0.15) is 34.7 Å². The van der Waals surface area contributed by atoms with Crippen molar-refractivity contribution in [1.29, 1.82) is 0 Å². The molecule has 1 aromatic rings. The van der Waals surface area contributed by atoms with Crippen LogP contribution in [0.3, 0.4) is 0 Å². The number of rotatable bonds is 5. The van der Waals surface area contributed by atoms with Gasteiger partial charge < -0.3 is 15.2 Å². The number of hydrogen-bond donors (Lipinski definition) is 2. The monoisotopic (exact) mass is 252 g/mol. The van der Waals surface area contributed by atoms with Crippen molar-refractivity contribution in [2.45, 2.75) is 19.4 Å². The van der Waals surface area contributed by atoms with E-state index in [1.54, 1.807) is 7.11 Å². The number of ether oxygens (including phenoxy) is 1. The summed E-state index contributed by atoms with van der Waals surface area (Å²) in [6.45, 7) is 3.98. The molecule has 6 heteroatoms. The van der Waals surface area contributed by atoms with E-state index in [-0.39, 0.29) is 17.2 Å². The normalized spacial score (nSPS) is 11.1. The van der Waals surface area contributed by atoms with Gasteiger partial charge >= 0.3 is 5.97 Å². The molecule has 0 saturated carbocycles. The molecule has 0 aromatic carbocycles. The van der Waals surface area contributed by atoms with E-state index in [2.05, 4.69) is 10.3 Å². The molecule has 1 heterocycles. The molecule has 0 aliphatic heterocycles. The lowest BCUT2D eigenvalue weighted by molar-refractivity contribution is 0.0690. The predicted octanol–water partition coefficient (Wildman–Crippen LogP) is 0.935. The molecule has 6 nitrogen and oxygen atoms in total. The predicted molar refractivity (Wildman–Crippen MR) is 64.6 cm³/mol. The average molecular weight is 252 g/mol. The van der Waals surface area contributed by atoms with Crippen LogP contribution in [0.2, 0.25) is 0 Å². The number of pyridine rings is 1. The Morgan fingerprint density at radius 3 is 2.72 bits per heavy atom. The first kappa shape index (κ1) is 14.1. The maximum absolute atomic E-state index is 11.9. The first-order valence-corrected chi connectivity index (χ1v) is 5.36. The van der Waals surface area contributed by atoms with Gasteiger partial charge in [0.25, 0.3) is 5.91 Å². The second-order valence-electron chi connectivity index (χ2n) is 4.51. The Labute approximate surface area is 105 Å². The lowest BCUT2D eigenvalue weighted by atomic mass is 10.1. The molecule has 98 valence electrons. The molecule has 0 saturated heterocycles. The number of methoxy groups -OCH3 is 1. The molecule has 0 aliphatic rings. The number of aromatic nitrogens is 1. The van der Waals surface area contributed by atoms with E-state index in [1.807, 2.05) is 13.8 Å². The lowest BCUT2D eigenvalue weighted by Gasteiger charge is -2.25. The van der Waals surface area contributed by atoms with Gasteiger partial charge in [-0.2, -0.15) is 0 Å². The Hall–Kier alpha value is -1.95. The third kappa shape index (κ3) is 3.81. The van der Waals surface area contributed by atoms with E-state index < -0.39 is 11.5 Å². The number of carbonyl (C=O) groups is 2. The summed E-state index contributed by atoms with van der Waals surface area (Å²) in [6.07, 6.45) is 1.29. The summed E-state index contributed by atoms with van der Waals surface area (Å²) >= 11 is 0. The van der Waals surface area contributed by atoms with Gasteiger partial charge in [-0.05, 0) is 26.0 Å². The fourth-order valence-electron chi connectivity index (χ4n) is 1.47. The SMILES string of the molecule is COCC(C)(C)NC(=O)c1ccnc(C(=O)O)c1. The Balaban J connectivity index is 2.84. The van der Waals surface area contributed by atoms with Crippen LogP contribution in [0, 0.1) is 0 Å². The smallest absolute Gasteiger partial charge is 0.354 e. The van der Waals surface area contributed by atoms with Crippen LogP contribution in [0.25, 0.3) is 0 Å². The highest BCUT2D eigenvalue weighted by molar-refractivity contribution is 5.96. The Bertz CT molecular complexity index is 457. The van der Waals surface area contributed by atoms with Gasteiger partial charge in [-0.15, -0.1) is 0 Å². The molecule has 18 heavy (non-hydrogen) atoms. The van der Waals surface area contributed by atoms with Gasteiger partial charge in [0.2, 0.25) is 0 Å². The minimum atomic E-state index is -1.17. The molecule has 0 bridgehead atoms. The van der Waals surface area contributed by atoms with E-state index >= 15 is 0 Å². The van der Waals surface area contributed by atoms with Crippen LogP contribution in [-0.4, -0.2) is 41.2 Å². The number of carboxylic acid groups (broad SMARTS) is 1. The number of nitrogens with zero attached hydrogens (tertiary/aromatic N) is 1. The van der Waals surface area contributed by atoms with Crippen molar-refractivity contribution < 1.29 is 19.4 Å². The summed E-state index contributed by atoms with van der Waals surface area (Å²) in [5.41, 5.74) is -0.433. The highest BCUT2D eigenvalue weighted by atomic mass is 16.5. The first-order valence-electron chi connectivity index (χ1n) is 5.36. The molecular formula is C12H16N2O4. The Morgan fingerprint density at radius 2 is 2.17 bits per heavy atom. The average Bonchev–Trinajstić information content (AvgIpc) is 2.28.